The van der Waals surface area contributed by atoms with Crippen molar-refractivity contribution in [2.75, 3.05) is 0 Å². The maximum absolute atomic E-state index is 11.3. The highest BCUT2D eigenvalue weighted by molar-refractivity contribution is 5.80. The molecule has 4 heteroatoms. The third kappa shape index (κ3) is 3.08. The fourth-order valence-electron chi connectivity index (χ4n) is 1.14. The fraction of sp³-hybridized carbons (Fsp3) is 0.333. The van der Waals surface area contributed by atoms with Crippen LogP contribution in [-0.4, -0.2) is 17.0 Å². The molecule has 0 spiro atoms. The summed E-state index contributed by atoms with van der Waals surface area (Å²) in [7, 11) is 0. The van der Waals surface area contributed by atoms with Gasteiger partial charge < -0.3 is 9.84 Å². The number of carbonyl (C=O) groups excluding carboxylic acids is 1. The maximum Gasteiger partial charge on any atom is 0.349 e. The number of aliphatic carboxylic acids is 1. The third-order valence-corrected chi connectivity index (χ3v) is 2.03. The molecule has 1 N–H and O–H groups in total. The van der Waals surface area contributed by atoms with Crippen LogP contribution in [0.3, 0.4) is 0 Å². The van der Waals surface area contributed by atoms with Gasteiger partial charge in [-0.25, -0.2) is 4.79 Å². The predicted octanol–water partition coefficient (Wildman–Crippen LogP) is 2.01. The molecule has 0 fully saturated rings. The first-order valence-corrected chi connectivity index (χ1v) is 5.00. The van der Waals surface area contributed by atoms with Gasteiger partial charge in [0.1, 0.15) is 0 Å². The van der Waals surface area contributed by atoms with Crippen LogP contribution in [0.4, 0.5) is 0 Å². The fourth-order valence-corrected chi connectivity index (χ4v) is 1.14. The number of ether oxygens (including phenoxy) is 1. The van der Waals surface area contributed by atoms with Crippen molar-refractivity contribution in [3.63, 3.8) is 0 Å². The second-order valence-electron chi connectivity index (χ2n) is 3.72. The molecule has 1 atom stereocenters. The van der Waals surface area contributed by atoms with E-state index in [9.17, 15) is 9.59 Å². The molecular weight excluding hydrogens is 208 g/mol. The average Bonchev–Trinajstić information content (AvgIpc) is 2.26. The number of benzene rings is 1. The Morgan fingerprint density at radius 1 is 1.19 bits per heavy atom. The van der Waals surface area contributed by atoms with E-state index in [1.54, 1.807) is 44.2 Å². The maximum atomic E-state index is 11.3. The Hall–Kier alpha value is -1.84. The number of rotatable bonds is 4. The zero-order chi connectivity index (χ0) is 12.1. The van der Waals surface area contributed by atoms with Crippen LogP contribution >= 0.6 is 0 Å². The first-order valence-electron chi connectivity index (χ1n) is 5.00. The summed E-state index contributed by atoms with van der Waals surface area (Å²) in [5.41, 5.74) is 0.462. The molecule has 4 nitrogen and oxygen atoms in total. The summed E-state index contributed by atoms with van der Waals surface area (Å²) in [6.07, 6.45) is -1.23. The van der Waals surface area contributed by atoms with E-state index in [0.29, 0.717) is 5.56 Å². The number of hydrogen-bond acceptors (Lipinski definition) is 3. The lowest BCUT2D eigenvalue weighted by molar-refractivity contribution is -0.166. The van der Waals surface area contributed by atoms with Gasteiger partial charge in [-0.1, -0.05) is 44.2 Å². The standard InChI is InChI=1S/C12H14O4/c1-8(2)12(15)16-10(11(13)14)9-6-4-3-5-7-9/h3-8,10H,1-2H3,(H,13,14). The second kappa shape index (κ2) is 5.30. The summed E-state index contributed by atoms with van der Waals surface area (Å²) < 4.78 is 4.92. The first-order chi connectivity index (χ1) is 7.52. The van der Waals surface area contributed by atoms with Gasteiger partial charge in [-0.15, -0.1) is 0 Å². The van der Waals surface area contributed by atoms with Crippen LogP contribution in [0.2, 0.25) is 0 Å². The Morgan fingerprint density at radius 3 is 2.19 bits per heavy atom. The molecule has 16 heavy (non-hydrogen) atoms. The monoisotopic (exact) mass is 222 g/mol. The number of carboxylic acids is 1. The minimum Gasteiger partial charge on any atom is -0.478 e. The summed E-state index contributed by atoms with van der Waals surface area (Å²) in [5, 5.41) is 8.98. The van der Waals surface area contributed by atoms with Crippen molar-refractivity contribution in [1.29, 1.82) is 0 Å². The van der Waals surface area contributed by atoms with Crippen molar-refractivity contribution in [3.05, 3.63) is 35.9 Å². The molecule has 1 aromatic carbocycles. The van der Waals surface area contributed by atoms with Gasteiger partial charge >= 0.3 is 11.9 Å². The Morgan fingerprint density at radius 2 is 1.75 bits per heavy atom. The van der Waals surface area contributed by atoms with E-state index in [-0.39, 0.29) is 5.92 Å². The van der Waals surface area contributed by atoms with E-state index in [1.807, 2.05) is 0 Å². The minimum atomic E-state index is -1.23. The topological polar surface area (TPSA) is 63.6 Å². The molecule has 0 saturated carbocycles. The molecule has 0 aliphatic carbocycles. The molecule has 0 saturated heterocycles. The molecule has 0 amide bonds. The van der Waals surface area contributed by atoms with Gasteiger partial charge in [-0.3, -0.25) is 4.79 Å². The summed E-state index contributed by atoms with van der Waals surface area (Å²) in [6.45, 7) is 3.32. The number of esters is 1. The molecule has 0 radical (unpaired) electrons. The van der Waals surface area contributed by atoms with E-state index in [2.05, 4.69) is 0 Å². The van der Waals surface area contributed by atoms with E-state index >= 15 is 0 Å². The van der Waals surface area contributed by atoms with Crippen LogP contribution in [-0.2, 0) is 14.3 Å². The van der Waals surface area contributed by atoms with Gasteiger partial charge in [0.15, 0.2) is 0 Å². The van der Waals surface area contributed by atoms with Gasteiger partial charge in [0.25, 0.3) is 0 Å². The minimum absolute atomic E-state index is 0.342. The average molecular weight is 222 g/mol. The number of carboxylic acid groups (broad SMARTS) is 1. The lowest BCUT2D eigenvalue weighted by Crippen LogP contribution is -2.22. The van der Waals surface area contributed by atoms with Crippen LogP contribution in [0.1, 0.15) is 25.5 Å². The number of hydrogen-bond donors (Lipinski definition) is 1. The smallest absolute Gasteiger partial charge is 0.349 e. The molecular formula is C12H14O4. The van der Waals surface area contributed by atoms with Gasteiger partial charge in [0, 0.05) is 5.56 Å². The van der Waals surface area contributed by atoms with Crippen molar-refractivity contribution in [2.45, 2.75) is 20.0 Å². The Kier molecular flexibility index (Phi) is 4.05. The molecule has 1 unspecified atom stereocenters. The molecule has 0 aromatic heterocycles. The van der Waals surface area contributed by atoms with Crippen LogP contribution in [0.25, 0.3) is 0 Å². The van der Waals surface area contributed by atoms with Crippen LogP contribution in [0.5, 0.6) is 0 Å². The summed E-state index contributed by atoms with van der Waals surface area (Å²) >= 11 is 0. The predicted molar refractivity (Wildman–Crippen MR) is 57.7 cm³/mol. The van der Waals surface area contributed by atoms with Gasteiger partial charge in [0.05, 0.1) is 5.92 Å². The van der Waals surface area contributed by atoms with Crippen LogP contribution in [0, 0.1) is 5.92 Å². The lowest BCUT2D eigenvalue weighted by Gasteiger charge is -2.15. The molecule has 1 rings (SSSR count). The zero-order valence-corrected chi connectivity index (χ0v) is 9.21. The van der Waals surface area contributed by atoms with E-state index in [0.717, 1.165) is 0 Å². The largest absolute Gasteiger partial charge is 0.478 e. The molecule has 0 aliphatic rings. The highest BCUT2D eigenvalue weighted by atomic mass is 16.6. The third-order valence-electron chi connectivity index (χ3n) is 2.03. The Bertz CT molecular complexity index is 370. The summed E-state index contributed by atoms with van der Waals surface area (Å²) in [6, 6.07) is 8.41. The normalized spacial score (nSPS) is 12.2. The molecule has 0 aliphatic heterocycles. The van der Waals surface area contributed by atoms with E-state index in [1.165, 1.54) is 0 Å². The Balaban J connectivity index is 2.85. The van der Waals surface area contributed by atoms with Crippen molar-refractivity contribution >= 4 is 11.9 Å². The molecule has 1 aromatic rings. The van der Waals surface area contributed by atoms with Crippen LogP contribution < -0.4 is 0 Å². The van der Waals surface area contributed by atoms with Crippen molar-refractivity contribution < 1.29 is 19.4 Å². The van der Waals surface area contributed by atoms with Crippen molar-refractivity contribution in [2.24, 2.45) is 5.92 Å². The van der Waals surface area contributed by atoms with Crippen molar-refractivity contribution in [3.8, 4) is 0 Å². The SMILES string of the molecule is CC(C)C(=O)OC(C(=O)O)c1ccccc1. The summed E-state index contributed by atoms with van der Waals surface area (Å²) in [5.74, 6) is -2.03. The highest BCUT2D eigenvalue weighted by Gasteiger charge is 2.25. The van der Waals surface area contributed by atoms with Gasteiger partial charge in [0.2, 0.25) is 6.10 Å². The lowest BCUT2D eigenvalue weighted by atomic mass is 10.1. The molecule has 0 heterocycles. The number of carbonyl (C=O) groups is 2. The van der Waals surface area contributed by atoms with Crippen molar-refractivity contribution in [1.82, 2.24) is 0 Å². The Labute approximate surface area is 93.9 Å². The molecule has 0 bridgehead atoms. The molecule has 86 valence electrons. The van der Waals surface area contributed by atoms with Crippen LogP contribution in [0.15, 0.2) is 30.3 Å². The van der Waals surface area contributed by atoms with Gasteiger partial charge in [-0.2, -0.15) is 0 Å². The van der Waals surface area contributed by atoms with Gasteiger partial charge in [-0.05, 0) is 0 Å². The van der Waals surface area contributed by atoms with E-state index in [4.69, 9.17) is 9.84 Å². The quantitative estimate of drug-likeness (QED) is 0.791. The second-order valence-corrected chi connectivity index (χ2v) is 3.72. The zero-order valence-electron chi connectivity index (χ0n) is 9.21. The van der Waals surface area contributed by atoms with E-state index < -0.39 is 18.0 Å². The highest BCUT2D eigenvalue weighted by Crippen LogP contribution is 2.18. The summed E-state index contributed by atoms with van der Waals surface area (Å²) in [4.78, 5) is 22.3. The first kappa shape index (κ1) is 12.2.